The summed E-state index contributed by atoms with van der Waals surface area (Å²) in [5, 5.41) is 13.2. The van der Waals surface area contributed by atoms with Gasteiger partial charge in [0.05, 0.1) is 12.5 Å². The number of amides is 3. The number of carbonyl (C=O) groups is 3. The van der Waals surface area contributed by atoms with Gasteiger partial charge in [0.25, 0.3) is 0 Å². The molecule has 0 saturated heterocycles. The summed E-state index contributed by atoms with van der Waals surface area (Å²) >= 11 is 0. The van der Waals surface area contributed by atoms with Crippen molar-refractivity contribution in [1.82, 2.24) is 15.3 Å². The van der Waals surface area contributed by atoms with Crippen LogP contribution in [-0.4, -0.2) is 52.5 Å². The lowest BCUT2D eigenvalue weighted by Gasteiger charge is -2.36. The summed E-state index contributed by atoms with van der Waals surface area (Å²) in [5.41, 5.74) is 1.60. The fourth-order valence-electron chi connectivity index (χ4n) is 4.10. The van der Waals surface area contributed by atoms with Gasteiger partial charge in [-0.15, -0.1) is 0 Å². The Morgan fingerprint density at radius 1 is 1.00 bits per heavy atom. The monoisotopic (exact) mass is 495 g/mol. The van der Waals surface area contributed by atoms with Gasteiger partial charge in [-0.25, -0.2) is 5.06 Å². The number of rotatable bonds is 14. The minimum Gasteiger partial charge on any atom is -0.344 e. The Morgan fingerprint density at radius 2 is 1.58 bits per heavy atom. The van der Waals surface area contributed by atoms with Gasteiger partial charge in [0.2, 0.25) is 18.2 Å². The highest BCUT2D eigenvalue weighted by Gasteiger charge is 2.37. The highest BCUT2D eigenvalue weighted by atomic mass is 16.5. The maximum absolute atomic E-state index is 14.0. The fraction of sp³-hybridized carbons (Fsp3) is 0.483. The van der Waals surface area contributed by atoms with Crippen molar-refractivity contribution < 1.29 is 19.6 Å². The molecule has 0 aliphatic heterocycles. The third-order valence-electron chi connectivity index (χ3n) is 6.25. The van der Waals surface area contributed by atoms with E-state index in [4.69, 9.17) is 0 Å². The van der Waals surface area contributed by atoms with Crippen molar-refractivity contribution in [1.29, 1.82) is 0 Å². The van der Waals surface area contributed by atoms with Crippen LogP contribution < -0.4 is 5.32 Å². The first-order valence-corrected chi connectivity index (χ1v) is 12.7. The maximum atomic E-state index is 14.0. The number of carbonyl (C=O) groups excluding carboxylic acids is 3. The van der Waals surface area contributed by atoms with Crippen LogP contribution in [-0.2, 0) is 27.3 Å². The molecular weight excluding hydrogens is 454 g/mol. The van der Waals surface area contributed by atoms with E-state index in [0.717, 1.165) is 24.0 Å². The van der Waals surface area contributed by atoms with Gasteiger partial charge in [-0.1, -0.05) is 101 Å². The molecule has 7 heteroatoms. The molecule has 2 N–H and O–H groups in total. The van der Waals surface area contributed by atoms with Gasteiger partial charge in [0, 0.05) is 13.1 Å². The summed E-state index contributed by atoms with van der Waals surface area (Å²) in [6.45, 7) is 8.64. The third kappa shape index (κ3) is 9.46. The first-order chi connectivity index (χ1) is 17.2. The lowest BCUT2D eigenvalue weighted by atomic mass is 9.85. The van der Waals surface area contributed by atoms with E-state index in [1.165, 1.54) is 0 Å². The Morgan fingerprint density at radius 3 is 2.11 bits per heavy atom. The van der Waals surface area contributed by atoms with Gasteiger partial charge in [0.1, 0.15) is 6.04 Å². The molecule has 2 unspecified atom stereocenters. The Balaban J connectivity index is 2.27. The van der Waals surface area contributed by atoms with Crippen molar-refractivity contribution in [3.05, 3.63) is 71.8 Å². The predicted molar refractivity (Wildman–Crippen MR) is 141 cm³/mol. The number of hydrogen-bond acceptors (Lipinski definition) is 4. The molecule has 0 heterocycles. The molecule has 2 atom stereocenters. The Hall–Kier alpha value is -3.19. The van der Waals surface area contributed by atoms with Crippen molar-refractivity contribution in [3.8, 4) is 0 Å². The zero-order chi connectivity index (χ0) is 26.6. The third-order valence-corrected chi connectivity index (χ3v) is 6.25. The summed E-state index contributed by atoms with van der Waals surface area (Å²) in [4.78, 5) is 40.0. The van der Waals surface area contributed by atoms with E-state index < -0.39 is 17.4 Å². The van der Waals surface area contributed by atoms with Crippen molar-refractivity contribution in [2.45, 2.75) is 66.0 Å². The molecule has 2 aromatic carbocycles. The van der Waals surface area contributed by atoms with Crippen LogP contribution >= 0.6 is 0 Å². The number of nitrogens with zero attached hydrogens (tertiary/aromatic N) is 2. The molecule has 2 rings (SSSR count). The summed E-state index contributed by atoms with van der Waals surface area (Å²) in [6.07, 6.45) is 3.16. The van der Waals surface area contributed by atoms with Gasteiger partial charge >= 0.3 is 0 Å². The van der Waals surface area contributed by atoms with E-state index in [2.05, 4.69) is 5.32 Å². The number of unbranched alkanes of at least 4 members (excludes halogenated alkanes) is 1. The minimum atomic E-state index is -0.767. The zero-order valence-corrected chi connectivity index (χ0v) is 22.0. The van der Waals surface area contributed by atoms with E-state index in [9.17, 15) is 19.6 Å². The minimum absolute atomic E-state index is 0.109. The molecule has 0 radical (unpaired) electrons. The Kier molecular flexibility index (Phi) is 11.6. The molecule has 0 aliphatic carbocycles. The second-order valence-electron chi connectivity index (χ2n) is 10.4. The first kappa shape index (κ1) is 29.0. The van der Waals surface area contributed by atoms with Gasteiger partial charge in [-0.2, -0.15) is 0 Å². The van der Waals surface area contributed by atoms with Crippen molar-refractivity contribution in [2.24, 2.45) is 11.3 Å². The van der Waals surface area contributed by atoms with Gasteiger partial charge in [-0.3, -0.25) is 19.6 Å². The summed E-state index contributed by atoms with van der Waals surface area (Å²) in [7, 11) is 0. The molecule has 196 valence electrons. The van der Waals surface area contributed by atoms with Gasteiger partial charge < -0.3 is 10.2 Å². The average molecular weight is 496 g/mol. The summed E-state index contributed by atoms with van der Waals surface area (Å²) in [6, 6.07) is 19.1. The number of nitrogens with one attached hydrogen (secondary N) is 1. The molecule has 0 bridgehead atoms. The number of hydroxylamine groups is 2. The molecule has 0 fully saturated rings. The van der Waals surface area contributed by atoms with Crippen LogP contribution in [0.4, 0.5) is 0 Å². The summed E-state index contributed by atoms with van der Waals surface area (Å²) in [5.74, 6) is -1.09. The van der Waals surface area contributed by atoms with E-state index in [-0.39, 0.29) is 18.4 Å². The van der Waals surface area contributed by atoms with Gasteiger partial charge in [0.15, 0.2) is 0 Å². The molecular formula is C29H41N3O4. The zero-order valence-electron chi connectivity index (χ0n) is 22.0. The van der Waals surface area contributed by atoms with Crippen LogP contribution in [0.3, 0.4) is 0 Å². The quantitative estimate of drug-likeness (QED) is 0.230. The van der Waals surface area contributed by atoms with Crippen LogP contribution in [0.15, 0.2) is 60.7 Å². The highest BCUT2D eigenvalue weighted by molar-refractivity contribution is 5.89. The SMILES string of the molecule is CCCCC(CN(O)C=O)C(=O)NC(C(=O)N(CCc1ccccc1)Cc1ccccc1)C(C)(C)C. The Labute approximate surface area is 215 Å². The predicted octanol–water partition coefficient (Wildman–Crippen LogP) is 4.44. The molecule has 2 aromatic rings. The summed E-state index contributed by atoms with van der Waals surface area (Å²) < 4.78 is 0. The lowest BCUT2D eigenvalue weighted by Crippen LogP contribution is -2.56. The second-order valence-corrected chi connectivity index (χ2v) is 10.4. The van der Waals surface area contributed by atoms with E-state index >= 15 is 0 Å². The van der Waals surface area contributed by atoms with Gasteiger partial charge in [-0.05, 0) is 29.4 Å². The first-order valence-electron chi connectivity index (χ1n) is 12.7. The standard InChI is InChI=1S/C29H41N3O4/c1-5-6-17-25(21-32(36)22-33)27(34)30-26(29(2,3)4)28(35)31(20-24-15-11-8-12-16-24)19-18-23-13-9-7-10-14-23/h7-16,22,25-26,36H,5-6,17-21H2,1-4H3,(H,30,34). The van der Waals surface area contributed by atoms with Crippen LogP contribution in [0.5, 0.6) is 0 Å². The average Bonchev–Trinajstić information content (AvgIpc) is 2.87. The van der Waals surface area contributed by atoms with E-state index in [0.29, 0.717) is 37.4 Å². The van der Waals surface area contributed by atoms with Crippen LogP contribution in [0.2, 0.25) is 0 Å². The van der Waals surface area contributed by atoms with E-state index in [1.54, 1.807) is 0 Å². The van der Waals surface area contributed by atoms with Crippen LogP contribution in [0, 0.1) is 11.3 Å². The molecule has 3 amide bonds. The smallest absolute Gasteiger partial charge is 0.246 e. The van der Waals surface area contributed by atoms with Crippen LogP contribution in [0.1, 0.15) is 58.1 Å². The highest BCUT2D eigenvalue weighted by Crippen LogP contribution is 2.24. The van der Waals surface area contributed by atoms with Crippen molar-refractivity contribution >= 4 is 18.2 Å². The molecule has 0 aliphatic rings. The number of hydrogen-bond donors (Lipinski definition) is 2. The molecule has 0 saturated carbocycles. The molecule has 0 spiro atoms. The largest absolute Gasteiger partial charge is 0.344 e. The Bertz CT molecular complexity index is 944. The topological polar surface area (TPSA) is 90.0 Å². The molecule has 7 nitrogen and oxygen atoms in total. The maximum Gasteiger partial charge on any atom is 0.246 e. The van der Waals surface area contributed by atoms with E-state index in [1.807, 2.05) is 93.3 Å². The normalized spacial score (nSPS) is 12.9. The van der Waals surface area contributed by atoms with Crippen LogP contribution in [0.25, 0.3) is 0 Å². The second kappa shape index (κ2) is 14.4. The molecule has 0 aromatic heterocycles. The number of benzene rings is 2. The fourth-order valence-corrected chi connectivity index (χ4v) is 4.10. The van der Waals surface area contributed by atoms with Crippen molar-refractivity contribution in [2.75, 3.05) is 13.1 Å². The molecule has 36 heavy (non-hydrogen) atoms. The van der Waals surface area contributed by atoms with Crippen molar-refractivity contribution in [3.63, 3.8) is 0 Å². The lowest BCUT2D eigenvalue weighted by molar-refractivity contribution is -0.155.